The van der Waals surface area contributed by atoms with E-state index in [1.165, 1.54) is 39.5 Å². The van der Waals surface area contributed by atoms with E-state index in [0.29, 0.717) is 11.1 Å². The molecule has 2 heterocycles. The van der Waals surface area contributed by atoms with E-state index < -0.39 is 0 Å². The van der Waals surface area contributed by atoms with Crippen molar-refractivity contribution in [2.24, 2.45) is 0 Å². The van der Waals surface area contributed by atoms with Crippen LogP contribution < -0.4 is 10.6 Å². The molecule has 1 aliphatic rings. The van der Waals surface area contributed by atoms with Crippen LogP contribution in [-0.2, 0) is 11.3 Å². The summed E-state index contributed by atoms with van der Waals surface area (Å²) in [5.41, 5.74) is 3.80. The second kappa shape index (κ2) is 15.6. The number of unbranched alkanes of at least 4 members (excludes halogenated alkanes) is 2. The molecular formula is C33H47N5O3. The van der Waals surface area contributed by atoms with Crippen LogP contribution in [0.2, 0.25) is 0 Å². The maximum Gasteiger partial charge on any atom is 0.337 e. The molecule has 1 aromatic heterocycles. The van der Waals surface area contributed by atoms with Crippen LogP contribution in [0.3, 0.4) is 0 Å². The van der Waals surface area contributed by atoms with Gasteiger partial charge in [-0.25, -0.2) is 9.78 Å². The Morgan fingerprint density at radius 2 is 1.59 bits per heavy atom. The third kappa shape index (κ3) is 8.55. The number of anilines is 2. The van der Waals surface area contributed by atoms with E-state index in [2.05, 4.69) is 33.9 Å². The molecule has 8 nitrogen and oxygen atoms in total. The summed E-state index contributed by atoms with van der Waals surface area (Å²) in [6, 6.07) is 13.2. The number of esters is 1. The molecule has 0 spiro atoms. The molecule has 0 unspecified atom stereocenters. The standard InChI is InChI=1S/C33H47N5O3/c1-4-6-12-27(13-7-5-2)34-31(39)26-16-19-29-30(24-26)38(23-11-22-37-20-9-8-10-21-37)33(36-29)35-28-17-14-25(15-18-28)32(40)41-3/h14-19,24,27H,4-13,20-23H2,1-3H3,(H,34,39)(H,35,36). The maximum absolute atomic E-state index is 13.4. The van der Waals surface area contributed by atoms with Crippen molar-refractivity contribution < 1.29 is 14.3 Å². The molecule has 8 heteroatoms. The number of ether oxygens (including phenoxy) is 1. The number of nitrogens with zero attached hydrogens (tertiary/aromatic N) is 3. The molecule has 41 heavy (non-hydrogen) atoms. The monoisotopic (exact) mass is 561 g/mol. The molecular weight excluding hydrogens is 514 g/mol. The second-order valence-corrected chi connectivity index (χ2v) is 11.2. The molecule has 222 valence electrons. The van der Waals surface area contributed by atoms with Crippen molar-refractivity contribution in [3.63, 3.8) is 0 Å². The number of carbonyl (C=O) groups excluding carboxylic acids is 2. The Bertz CT molecular complexity index is 1260. The van der Waals surface area contributed by atoms with Gasteiger partial charge in [-0.05, 0) is 94.2 Å². The van der Waals surface area contributed by atoms with Gasteiger partial charge in [0, 0.05) is 23.8 Å². The fourth-order valence-electron chi connectivity index (χ4n) is 5.62. The van der Waals surface area contributed by atoms with E-state index in [0.717, 1.165) is 80.7 Å². The first-order valence-electron chi connectivity index (χ1n) is 15.5. The minimum Gasteiger partial charge on any atom is -0.465 e. The SMILES string of the molecule is CCCCC(CCCC)NC(=O)c1ccc2nc(Nc3ccc(C(=O)OC)cc3)n(CCCN3CCCCC3)c2c1. The molecule has 1 saturated heterocycles. The van der Waals surface area contributed by atoms with Crippen LogP contribution in [0.5, 0.6) is 0 Å². The smallest absolute Gasteiger partial charge is 0.337 e. The summed E-state index contributed by atoms with van der Waals surface area (Å²) in [6.07, 6.45) is 11.4. The van der Waals surface area contributed by atoms with Crippen LogP contribution >= 0.6 is 0 Å². The Morgan fingerprint density at radius 3 is 2.24 bits per heavy atom. The van der Waals surface area contributed by atoms with E-state index in [-0.39, 0.29) is 17.9 Å². The summed E-state index contributed by atoms with van der Waals surface area (Å²) in [7, 11) is 1.38. The lowest BCUT2D eigenvalue weighted by atomic mass is 10.0. The third-order valence-corrected chi connectivity index (χ3v) is 8.02. The van der Waals surface area contributed by atoms with Crippen molar-refractivity contribution in [2.75, 3.05) is 32.1 Å². The Morgan fingerprint density at radius 1 is 0.902 bits per heavy atom. The number of rotatable bonds is 15. The van der Waals surface area contributed by atoms with Crippen LogP contribution in [0.4, 0.5) is 11.6 Å². The lowest BCUT2D eigenvalue weighted by Gasteiger charge is -2.26. The van der Waals surface area contributed by atoms with Crippen molar-refractivity contribution in [1.82, 2.24) is 19.8 Å². The first-order valence-corrected chi connectivity index (χ1v) is 15.5. The highest BCUT2D eigenvalue weighted by atomic mass is 16.5. The first-order chi connectivity index (χ1) is 20.0. The molecule has 0 radical (unpaired) electrons. The third-order valence-electron chi connectivity index (χ3n) is 8.02. The van der Waals surface area contributed by atoms with Gasteiger partial charge < -0.3 is 24.8 Å². The number of nitrogens with one attached hydrogen (secondary N) is 2. The van der Waals surface area contributed by atoms with E-state index in [1.54, 1.807) is 12.1 Å². The number of methoxy groups -OCH3 is 1. The lowest BCUT2D eigenvalue weighted by molar-refractivity contribution is 0.0600. The van der Waals surface area contributed by atoms with Crippen LogP contribution in [0, 0.1) is 0 Å². The Kier molecular flexibility index (Phi) is 11.6. The number of hydrogen-bond donors (Lipinski definition) is 2. The number of imidazole rings is 1. The number of likely N-dealkylation sites (tertiary alicyclic amines) is 1. The predicted octanol–water partition coefficient (Wildman–Crippen LogP) is 6.92. The number of aryl methyl sites for hydroxylation is 1. The van der Waals surface area contributed by atoms with E-state index in [4.69, 9.17) is 9.72 Å². The molecule has 2 aromatic carbocycles. The van der Waals surface area contributed by atoms with Crippen molar-refractivity contribution in [1.29, 1.82) is 0 Å². The highest BCUT2D eigenvalue weighted by molar-refractivity contribution is 5.98. The molecule has 0 bridgehead atoms. The average Bonchev–Trinajstić information content (AvgIpc) is 3.34. The molecule has 2 N–H and O–H groups in total. The van der Waals surface area contributed by atoms with Gasteiger partial charge >= 0.3 is 5.97 Å². The summed E-state index contributed by atoms with van der Waals surface area (Å²) in [5.74, 6) is 0.350. The molecule has 4 rings (SSSR count). The van der Waals surface area contributed by atoms with Crippen LogP contribution in [0.25, 0.3) is 11.0 Å². The fourth-order valence-corrected chi connectivity index (χ4v) is 5.62. The summed E-state index contributed by atoms with van der Waals surface area (Å²) in [5, 5.41) is 6.76. The summed E-state index contributed by atoms with van der Waals surface area (Å²) < 4.78 is 7.02. The topological polar surface area (TPSA) is 88.5 Å². The average molecular weight is 562 g/mol. The summed E-state index contributed by atoms with van der Waals surface area (Å²) in [6.45, 7) is 8.56. The molecule has 0 atom stereocenters. The van der Waals surface area contributed by atoms with Gasteiger partial charge in [0.1, 0.15) is 0 Å². The minimum absolute atomic E-state index is 0.0157. The van der Waals surface area contributed by atoms with E-state index in [9.17, 15) is 9.59 Å². The van der Waals surface area contributed by atoms with Crippen molar-refractivity contribution in [3.05, 3.63) is 53.6 Å². The highest BCUT2D eigenvalue weighted by Crippen LogP contribution is 2.25. The zero-order chi connectivity index (χ0) is 29.0. The minimum atomic E-state index is -0.362. The number of piperidine rings is 1. The summed E-state index contributed by atoms with van der Waals surface area (Å²) in [4.78, 5) is 32.7. The zero-order valence-electron chi connectivity index (χ0n) is 25.1. The number of amides is 1. The summed E-state index contributed by atoms with van der Waals surface area (Å²) >= 11 is 0. The van der Waals surface area contributed by atoms with Crippen LogP contribution in [0.1, 0.15) is 98.8 Å². The van der Waals surface area contributed by atoms with E-state index in [1.807, 2.05) is 30.3 Å². The number of benzene rings is 2. The molecule has 3 aromatic rings. The quantitative estimate of drug-likeness (QED) is 0.196. The number of aromatic nitrogens is 2. The molecule has 1 fully saturated rings. The number of carbonyl (C=O) groups is 2. The molecule has 0 aliphatic carbocycles. The van der Waals surface area contributed by atoms with Crippen molar-refractivity contribution >= 4 is 34.5 Å². The highest BCUT2D eigenvalue weighted by Gasteiger charge is 2.18. The number of fused-ring (bicyclic) bond motifs is 1. The van der Waals surface area contributed by atoms with Gasteiger partial charge in [0.25, 0.3) is 5.91 Å². The molecule has 0 saturated carbocycles. The second-order valence-electron chi connectivity index (χ2n) is 11.2. The van der Waals surface area contributed by atoms with Gasteiger partial charge in [-0.1, -0.05) is 46.0 Å². The van der Waals surface area contributed by atoms with Gasteiger partial charge in [-0.2, -0.15) is 0 Å². The van der Waals surface area contributed by atoms with Gasteiger partial charge in [0.15, 0.2) is 0 Å². The Hall–Kier alpha value is -3.39. The van der Waals surface area contributed by atoms with Gasteiger partial charge in [-0.3, -0.25) is 4.79 Å². The molecule has 1 amide bonds. The zero-order valence-corrected chi connectivity index (χ0v) is 25.1. The van der Waals surface area contributed by atoms with E-state index >= 15 is 0 Å². The maximum atomic E-state index is 13.4. The van der Waals surface area contributed by atoms with Gasteiger partial charge in [0.05, 0.1) is 23.7 Å². The fraction of sp³-hybridized carbons (Fsp3) is 0.545. The first kappa shape index (κ1) is 30.6. The molecule has 1 aliphatic heterocycles. The van der Waals surface area contributed by atoms with Gasteiger partial charge in [0.2, 0.25) is 5.95 Å². The normalized spacial score (nSPS) is 14.0. The van der Waals surface area contributed by atoms with Gasteiger partial charge in [-0.15, -0.1) is 0 Å². The van der Waals surface area contributed by atoms with Crippen molar-refractivity contribution in [3.8, 4) is 0 Å². The predicted molar refractivity (Wildman–Crippen MR) is 166 cm³/mol. The Balaban J connectivity index is 1.57. The van der Waals surface area contributed by atoms with Crippen molar-refractivity contribution in [2.45, 2.75) is 90.6 Å². The Labute approximate surface area is 244 Å². The lowest BCUT2D eigenvalue weighted by Crippen LogP contribution is -2.34. The number of hydrogen-bond acceptors (Lipinski definition) is 6. The van der Waals surface area contributed by atoms with Crippen LogP contribution in [-0.4, -0.2) is 59.1 Å². The van der Waals surface area contributed by atoms with Crippen LogP contribution in [0.15, 0.2) is 42.5 Å². The largest absolute Gasteiger partial charge is 0.465 e.